The SMILES string of the molecule is CC(C)(C)CCCOc1ccc(Br)cc1CO. The van der Waals surface area contributed by atoms with Gasteiger partial charge in [-0.15, -0.1) is 0 Å². The van der Waals surface area contributed by atoms with Gasteiger partial charge in [-0.25, -0.2) is 0 Å². The van der Waals surface area contributed by atoms with E-state index in [-0.39, 0.29) is 6.61 Å². The molecule has 96 valence electrons. The lowest BCUT2D eigenvalue weighted by molar-refractivity contribution is 0.248. The zero-order chi connectivity index (χ0) is 12.9. The molecule has 3 heteroatoms. The van der Waals surface area contributed by atoms with Gasteiger partial charge in [0.15, 0.2) is 0 Å². The van der Waals surface area contributed by atoms with Crippen molar-refractivity contribution in [1.82, 2.24) is 0 Å². The lowest BCUT2D eigenvalue weighted by Crippen LogP contribution is -2.08. The quantitative estimate of drug-likeness (QED) is 0.828. The normalized spacial score (nSPS) is 11.6. The van der Waals surface area contributed by atoms with Gasteiger partial charge in [0.05, 0.1) is 13.2 Å². The molecular weight excluding hydrogens is 280 g/mol. The number of aliphatic hydroxyl groups is 1. The van der Waals surface area contributed by atoms with Crippen LogP contribution < -0.4 is 4.74 Å². The Morgan fingerprint density at radius 3 is 2.59 bits per heavy atom. The van der Waals surface area contributed by atoms with E-state index in [1.54, 1.807) is 0 Å². The summed E-state index contributed by atoms with van der Waals surface area (Å²) in [5.74, 6) is 0.782. The molecule has 0 aliphatic carbocycles. The molecule has 17 heavy (non-hydrogen) atoms. The summed E-state index contributed by atoms with van der Waals surface area (Å²) in [5, 5.41) is 9.23. The van der Waals surface area contributed by atoms with Crippen molar-refractivity contribution in [2.75, 3.05) is 6.61 Å². The molecule has 0 bridgehead atoms. The van der Waals surface area contributed by atoms with Crippen LogP contribution in [-0.2, 0) is 6.61 Å². The van der Waals surface area contributed by atoms with E-state index >= 15 is 0 Å². The van der Waals surface area contributed by atoms with Crippen molar-refractivity contribution >= 4 is 15.9 Å². The van der Waals surface area contributed by atoms with Crippen LogP contribution in [0.1, 0.15) is 39.2 Å². The van der Waals surface area contributed by atoms with Crippen molar-refractivity contribution in [3.63, 3.8) is 0 Å². The monoisotopic (exact) mass is 300 g/mol. The van der Waals surface area contributed by atoms with Crippen LogP contribution in [0.25, 0.3) is 0 Å². The van der Waals surface area contributed by atoms with Gasteiger partial charge in [-0.05, 0) is 36.5 Å². The molecule has 1 rings (SSSR count). The van der Waals surface area contributed by atoms with Gasteiger partial charge in [0.1, 0.15) is 5.75 Å². The molecule has 0 aliphatic rings. The lowest BCUT2D eigenvalue weighted by Gasteiger charge is -2.18. The minimum atomic E-state index is 0.00798. The molecule has 0 aliphatic heterocycles. The number of ether oxygens (including phenoxy) is 1. The van der Waals surface area contributed by atoms with Gasteiger partial charge in [-0.3, -0.25) is 0 Å². The first-order valence-electron chi connectivity index (χ1n) is 5.94. The Hall–Kier alpha value is -0.540. The average molecular weight is 301 g/mol. The van der Waals surface area contributed by atoms with Crippen LogP contribution in [0.3, 0.4) is 0 Å². The molecule has 2 nitrogen and oxygen atoms in total. The first-order valence-corrected chi connectivity index (χ1v) is 6.74. The summed E-state index contributed by atoms with van der Waals surface area (Å²) in [5.41, 5.74) is 1.18. The molecule has 0 amide bonds. The van der Waals surface area contributed by atoms with E-state index in [0.29, 0.717) is 12.0 Å². The van der Waals surface area contributed by atoms with E-state index in [9.17, 15) is 5.11 Å². The number of hydrogen-bond donors (Lipinski definition) is 1. The van der Waals surface area contributed by atoms with Crippen LogP contribution >= 0.6 is 15.9 Å². The van der Waals surface area contributed by atoms with Crippen LogP contribution in [0.2, 0.25) is 0 Å². The Morgan fingerprint density at radius 2 is 2.00 bits per heavy atom. The van der Waals surface area contributed by atoms with Crippen molar-refractivity contribution in [2.24, 2.45) is 5.41 Å². The van der Waals surface area contributed by atoms with Crippen LogP contribution in [-0.4, -0.2) is 11.7 Å². The van der Waals surface area contributed by atoms with E-state index < -0.39 is 0 Å². The van der Waals surface area contributed by atoms with Gasteiger partial charge >= 0.3 is 0 Å². The highest BCUT2D eigenvalue weighted by atomic mass is 79.9. The predicted octanol–water partition coefficient (Wildman–Crippen LogP) is 4.15. The Kier molecular flexibility index (Phi) is 5.47. The fourth-order valence-electron chi connectivity index (χ4n) is 1.60. The van der Waals surface area contributed by atoms with E-state index in [4.69, 9.17) is 4.74 Å². The molecule has 0 atom stereocenters. The number of rotatable bonds is 5. The fourth-order valence-corrected chi connectivity index (χ4v) is 2.01. The Balaban J connectivity index is 2.46. The van der Waals surface area contributed by atoms with E-state index in [2.05, 4.69) is 36.7 Å². The maximum atomic E-state index is 9.23. The zero-order valence-corrected chi connectivity index (χ0v) is 12.4. The summed E-state index contributed by atoms with van der Waals surface area (Å²) in [6.07, 6.45) is 2.17. The van der Waals surface area contributed by atoms with Gasteiger partial charge in [-0.2, -0.15) is 0 Å². The molecule has 0 fully saturated rings. The minimum absolute atomic E-state index is 0.00798. The summed E-state index contributed by atoms with van der Waals surface area (Å²) in [4.78, 5) is 0. The second kappa shape index (κ2) is 6.41. The van der Waals surface area contributed by atoms with Gasteiger partial charge in [0.25, 0.3) is 0 Å². The molecule has 1 aromatic rings. The largest absolute Gasteiger partial charge is 0.493 e. The number of benzene rings is 1. The van der Waals surface area contributed by atoms with Gasteiger partial charge in [0.2, 0.25) is 0 Å². The van der Waals surface area contributed by atoms with Gasteiger partial charge < -0.3 is 9.84 Å². The highest BCUT2D eigenvalue weighted by Gasteiger charge is 2.10. The molecule has 0 saturated carbocycles. The average Bonchev–Trinajstić information content (AvgIpc) is 2.24. The summed E-state index contributed by atoms with van der Waals surface area (Å²) in [7, 11) is 0. The highest BCUT2D eigenvalue weighted by Crippen LogP contribution is 2.24. The molecule has 0 saturated heterocycles. The summed E-state index contributed by atoms with van der Waals surface area (Å²) >= 11 is 3.38. The Bertz CT molecular complexity index is 356. The number of aliphatic hydroxyl groups excluding tert-OH is 1. The Morgan fingerprint density at radius 1 is 1.29 bits per heavy atom. The number of halogens is 1. The third kappa shape index (κ3) is 5.55. The van der Waals surface area contributed by atoms with E-state index in [1.807, 2.05) is 18.2 Å². The maximum absolute atomic E-state index is 9.23. The predicted molar refractivity (Wildman–Crippen MR) is 74.2 cm³/mol. The van der Waals surface area contributed by atoms with Crippen molar-refractivity contribution in [3.05, 3.63) is 28.2 Å². The lowest BCUT2D eigenvalue weighted by atomic mass is 9.91. The standard InChI is InChI=1S/C14H21BrO2/c1-14(2,3)7-4-8-17-13-6-5-12(15)9-11(13)10-16/h5-6,9,16H,4,7-8,10H2,1-3H3. The second-order valence-electron chi connectivity index (χ2n) is 5.42. The molecule has 1 N–H and O–H groups in total. The summed E-state index contributed by atoms with van der Waals surface area (Å²) < 4.78 is 6.66. The van der Waals surface area contributed by atoms with Gasteiger partial charge in [-0.1, -0.05) is 36.7 Å². The van der Waals surface area contributed by atoms with E-state index in [1.165, 1.54) is 0 Å². The topological polar surface area (TPSA) is 29.5 Å². The first-order chi connectivity index (χ1) is 7.92. The molecule has 0 spiro atoms. The van der Waals surface area contributed by atoms with Crippen molar-refractivity contribution < 1.29 is 9.84 Å². The smallest absolute Gasteiger partial charge is 0.124 e. The zero-order valence-electron chi connectivity index (χ0n) is 10.8. The Labute approximate surface area is 112 Å². The third-order valence-corrected chi connectivity index (χ3v) is 3.01. The first kappa shape index (κ1) is 14.5. The van der Waals surface area contributed by atoms with Crippen molar-refractivity contribution in [3.8, 4) is 5.75 Å². The van der Waals surface area contributed by atoms with Crippen molar-refractivity contribution in [2.45, 2.75) is 40.2 Å². The van der Waals surface area contributed by atoms with Crippen LogP contribution in [0, 0.1) is 5.41 Å². The summed E-state index contributed by atoms with van der Waals surface area (Å²) in [6.45, 7) is 7.39. The van der Waals surface area contributed by atoms with Crippen molar-refractivity contribution in [1.29, 1.82) is 0 Å². The fraction of sp³-hybridized carbons (Fsp3) is 0.571. The van der Waals surface area contributed by atoms with Crippen LogP contribution in [0.15, 0.2) is 22.7 Å². The van der Waals surface area contributed by atoms with Crippen LogP contribution in [0.4, 0.5) is 0 Å². The van der Waals surface area contributed by atoms with Gasteiger partial charge in [0, 0.05) is 10.0 Å². The molecular formula is C14H21BrO2. The molecule has 0 unspecified atom stereocenters. The third-order valence-electron chi connectivity index (χ3n) is 2.52. The molecule has 1 aromatic carbocycles. The molecule has 0 heterocycles. The second-order valence-corrected chi connectivity index (χ2v) is 6.34. The minimum Gasteiger partial charge on any atom is -0.493 e. The maximum Gasteiger partial charge on any atom is 0.124 e. The summed E-state index contributed by atoms with van der Waals surface area (Å²) in [6, 6.07) is 5.71. The highest BCUT2D eigenvalue weighted by molar-refractivity contribution is 9.10. The number of hydrogen-bond acceptors (Lipinski definition) is 2. The van der Waals surface area contributed by atoms with Crippen LogP contribution in [0.5, 0.6) is 5.75 Å². The molecule has 0 aromatic heterocycles. The molecule has 0 radical (unpaired) electrons. The van der Waals surface area contributed by atoms with E-state index in [0.717, 1.165) is 28.6 Å².